The summed E-state index contributed by atoms with van der Waals surface area (Å²) in [5, 5.41) is 2.88. The first-order valence-corrected chi connectivity index (χ1v) is 11.1. The molecule has 1 fully saturated rings. The molecule has 0 radical (unpaired) electrons. The van der Waals surface area contributed by atoms with Gasteiger partial charge in [0.25, 0.3) is 0 Å². The predicted octanol–water partition coefficient (Wildman–Crippen LogP) is 5.75. The van der Waals surface area contributed by atoms with Gasteiger partial charge in [-0.15, -0.1) is 11.8 Å². The Balaban J connectivity index is 1.77. The molecule has 2 amide bonds. The van der Waals surface area contributed by atoms with Crippen LogP contribution < -0.4 is 10.2 Å². The average molecular weight is 411 g/mol. The van der Waals surface area contributed by atoms with Crippen molar-refractivity contribution in [1.29, 1.82) is 0 Å². The Labute approximate surface area is 178 Å². The minimum atomic E-state index is -0.0524. The number of carbonyl (C=O) groups excluding carboxylic acids is 2. The van der Waals surface area contributed by atoms with Gasteiger partial charge in [-0.2, -0.15) is 0 Å². The van der Waals surface area contributed by atoms with Crippen molar-refractivity contribution in [2.24, 2.45) is 5.92 Å². The normalized spacial score (nSPS) is 17.1. The van der Waals surface area contributed by atoms with Crippen LogP contribution in [0.1, 0.15) is 57.5 Å². The van der Waals surface area contributed by atoms with Crippen molar-refractivity contribution in [3.8, 4) is 0 Å². The van der Waals surface area contributed by atoms with Crippen LogP contribution in [0.2, 0.25) is 0 Å². The Morgan fingerprint density at radius 1 is 1.10 bits per heavy atom. The fourth-order valence-corrected chi connectivity index (χ4v) is 4.56. The maximum Gasteiger partial charge on any atom is 0.238 e. The second-order valence-electron chi connectivity index (χ2n) is 8.99. The molecule has 0 saturated carbocycles. The standard InChI is InChI=1S/C24H30N2O2S/c1-16(2)14-21(27)25-19-10-6-17(7-11-19)23-26(22(28)15-29-23)20-12-8-18(9-13-20)24(3,4)5/h6-13,16,23H,14-15H2,1-5H3,(H,25,27)/t23-/m1/s1. The molecule has 154 valence electrons. The Bertz CT molecular complexity index is 867. The van der Waals surface area contributed by atoms with E-state index >= 15 is 0 Å². The molecule has 0 aromatic heterocycles. The van der Waals surface area contributed by atoms with Crippen LogP contribution in [0.25, 0.3) is 0 Å². The Morgan fingerprint density at radius 3 is 2.28 bits per heavy atom. The number of amides is 2. The number of anilines is 2. The smallest absolute Gasteiger partial charge is 0.238 e. The molecule has 1 aliphatic heterocycles. The number of thioether (sulfide) groups is 1. The summed E-state index contributed by atoms with van der Waals surface area (Å²) in [7, 11) is 0. The SMILES string of the molecule is CC(C)CC(=O)Nc1ccc([C@H]2SCC(=O)N2c2ccc(C(C)(C)C)cc2)cc1. The molecule has 0 bridgehead atoms. The molecule has 1 aliphatic rings. The van der Waals surface area contributed by atoms with Crippen molar-refractivity contribution in [3.05, 3.63) is 59.7 Å². The molecule has 29 heavy (non-hydrogen) atoms. The lowest BCUT2D eigenvalue weighted by molar-refractivity contribution is -0.117. The van der Waals surface area contributed by atoms with Crippen molar-refractivity contribution in [2.45, 2.75) is 51.8 Å². The minimum Gasteiger partial charge on any atom is -0.326 e. The Morgan fingerprint density at radius 2 is 1.72 bits per heavy atom. The summed E-state index contributed by atoms with van der Waals surface area (Å²) in [4.78, 5) is 26.5. The number of hydrogen-bond acceptors (Lipinski definition) is 3. The Hall–Kier alpha value is -2.27. The van der Waals surface area contributed by atoms with E-state index in [-0.39, 0.29) is 22.6 Å². The third-order valence-electron chi connectivity index (χ3n) is 4.95. The van der Waals surface area contributed by atoms with Gasteiger partial charge in [-0.3, -0.25) is 14.5 Å². The number of hydrogen-bond donors (Lipinski definition) is 1. The van der Waals surface area contributed by atoms with E-state index in [1.54, 1.807) is 11.8 Å². The van der Waals surface area contributed by atoms with Crippen molar-refractivity contribution in [3.63, 3.8) is 0 Å². The highest BCUT2D eigenvalue weighted by Crippen LogP contribution is 2.42. The van der Waals surface area contributed by atoms with Gasteiger partial charge in [0.1, 0.15) is 5.37 Å². The first-order chi connectivity index (χ1) is 13.6. The zero-order valence-corrected chi connectivity index (χ0v) is 18.7. The van der Waals surface area contributed by atoms with Crippen molar-refractivity contribution < 1.29 is 9.59 Å². The number of carbonyl (C=O) groups is 2. The van der Waals surface area contributed by atoms with Gasteiger partial charge in [-0.25, -0.2) is 0 Å². The summed E-state index contributed by atoms with van der Waals surface area (Å²) >= 11 is 1.63. The lowest BCUT2D eigenvalue weighted by Gasteiger charge is -2.26. The molecule has 2 aromatic rings. The van der Waals surface area contributed by atoms with E-state index in [2.05, 4.69) is 38.2 Å². The van der Waals surface area contributed by atoms with E-state index < -0.39 is 0 Å². The molecule has 0 aliphatic carbocycles. The topological polar surface area (TPSA) is 49.4 Å². The summed E-state index contributed by atoms with van der Waals surface area (Å²) < 4.78 is 0. The summed E-state index contributed by atoms with van der Waals surface area (Å²) in [6.45, 7) is 10.6. The van der Waals surface area contributed by atoms with E-state index in [1.165, 1.54) is 5.56 Å². The average Bonchev–Trinajstić information content (AvgIpc) is 3.02. The van der Waals surface area contributed by atoms with Crippen LogP contribution >= 0.6 is 11.8 Å². The zero-order chi connectivity index (χ0) is 21.2. The van der Waals surface area contributed by atoms with Gasteiger partial charge < -0.3 is 5.32 Å². The summed E-state index contributed by atoms with van der Waals surface area (Å²) in [6, 6.07) is 16.1. The molecule has 1 N–H and O–H groups in total. The minimum absolute atomic E-state index is 0.0266. The molecule has 3 rings (SSSR count). The largest absolute Gasteiger partial charge is 0.326 e. The number of benzene rings is 2. The summed E-state index contributed by atoms with van der Waals surface area (Å²) in [5.74, 6) is 0.948. The van der Waals surface area contributed by atoms with Crippen LogP contribution in [0, 0.1) is 5.92 Å². The highest BCUT2D eigenvalue weighted by molar-refractivity contribution is 8.00. The van der Waals surface area contributed by atoms with E-state index in [0.717, 1.165) is 16.9 Å². The molecular formula is C24H30N2O2S. The quantitative estimate of drug-likeness (QED) is 0.683. The molecule has 1 heterocycles. The first kappa shape index (κ1) is 21.4. The van der Waals surface area contributed by atoms with Crippen LogP contribution in [0.3, 0.4) is 0 Å². The second-order valence-corrected chi connectivity index (χ2v) is 10.1. The fraction of sp³-hybridized carbons (Fsp3) is 0.417. The van der Waals surface area contributed by atoms with Gasteiger partial charge in [-0.1, -0.05) is 58.9 Å². The lowest BCUT2D eigenvalue weighted by Crippen LogP contribution is -2.28. The van der Waals surface area contributed by atoms with Crippen LogP contribution in [-0.4, -0.2) is 17.6 Å². The molecule has 4 nitrogen and oxygen atoms in total. The van der Waals surface area contributed by atoms with Crippen LogP contribution in [-0.2, 0) is 15.0 Å². The van der Waals surface area contributed by atoms with Crippen molar-refractivity contribution >= 4 is 35.0 Å². The molecule has 0 unspecified atom stereocenters. The molecular weight excluding hydrogens is 380 g/mol. The predicted molar refractivity (Wildman–Crippen MR) is 122 cm³/mol. The second kappa shape index (κ2) is 8.62. The van der Waals surface area contributed by atoms with E-state index in [9.17, 15) is 9.59 Å². The van der Waals surface area contributed by atoms with E-state index in [1.807, 2.05) is 55.1 Å². The van der Waals surface area contributed by atoms with Gasteiger partial charge in [0, 0.05) is 17.8 Å². The number of nitrogens with one attached hydrogen (secondary N) is 1. The third-order valence-corrected chi connectivity index (χ3v) is 6.16. The molecule has 1 atom stereocenters. The lowest BCUT2D eigenvalue weighted by atomic mass is 9.87. The van der Waals surface area contributed by atoms with Crippen LogP contribution in [0.15, 0.2) is 48.5 Å². The molecule has 5 heteroatoms. The molecule has 2 aromatic carbocycles. The van der Waals surface area contributed by atoms with Crippen molar-refractivity contribution in [2.75, 3.05) is 16.0 Å². The number of nitrogens with zero attached hydrogens (tertiary/aromatic N) is 1. The first-order valence-electron chi connectivity index (χ1n) is 10.1. The molecule has 1 saturated heterocycles. The van der Waals surface area contributed by atoms with Gasteiger partial charge in [0.05, 0.1) is 5.75 Å². The van der Waals surface area contributed by atoms with E-state index in [4.69, 9.17) is 0 Å². The highest BCUT2D eigenvalue weighted by Gasteiger charge is 2.34. The highest BCUT2D eigenvalue weighted by atomic mass is 32.2. The third kappa shape index (κ3) is 5.21. The zero-order valence-electron chi connectivity index (χ0n) is 17.9. The maximum atomic E-state index is 12.6. The maximum absolute atomic E-state index is 12.6. The van der Waals surface area contributed by atoms with Gasteiger partial charge >= 0.3 is 0 Å². The molecule has 0 spiro atoms. The van der Waals surface area contributed by atoms with Gasteiger partial charge in [-0.05, 0) is 46.7 Å². The summed E-state index contributed by atoms with van der Waals surface area (Å²) in [5.41, 5.74) is 4.10. The van der Waals surface area contributed by atoms with Gasteiger partial charge in [0.2, 0.25) is 11.8 Å². The van der Waals surface area contributed by atoms with E-state index in [0.29, 0.717) is 18.1 Å². The van der Waals surface area contributed by atoms with Gasteiger partial charge in [0.15, 0.2) is 0 Å². The monoisotopic (exact) mass is 410 g/mol. The van der Waals surface area contributed by atoms with Crippen LogP contribution in [0.4, 0.5) is 11.4 Å². The van der Waals surface area contributed by atoms with Crippen LogP contribution in [0.5, 0.6) is 0 Å². The fourth-order valence-electron chi connectivity index (χ4n) is 3.39. The van der Waals surface area contributed by atoms with Crippen molar-refractivity contribution in [1.82, 2.24) is 0 Å². The number of rotatable bonds is 5. The summed E-state index contributed by atoms with van der Waals surface area (Å²) in [6.07, 6.45) is 0.507. The Kier molecular flexibility index (Phi) is 6.37.